The van der Waals surface area contributed by atoms with Crippen molar-refractivity contribution in [2.75, 3.05) is 20.1 Å². The number of rotatable bonds is 8. The molecule has 0 aliphatic carbocycles. The summed E-state index contributed by atoms with van der Waals surface area (Å²) in [5, 5.41) is 0. The first kappa shape index (κ1) is 15.2. The van der Waals surface area contributed by atoms with Gasteiger partial charge in [0.05, 0.1) is 0 Å². The molecule has 1 aromatic rings. The van der Waals surface area contributed by atoms with E-state index in [4.69, 9.17) is 5.73 Å². The van der Waals surface area contributed by atoms with Crippen molar-refractivity contribution in [3.8, 4) is 0 Å². The first-order valence-electron chi connectivity index (χ1n) is 7.16. The topological polar surface area (TPSA) is 29.3 Å². The third-order valence-corrected chi connectivity index (χ3v) is 3.49. The molecule has 0 aromatic heterocycles. The minimum atomic E-state index is 0.620. The van der Waals surface area contributed by atoms with Crippen molar-refractivity contribution >= 4 is 0 Å². The molecule has 2 nitrogen and oxygen atoms in total. The van der Waals surface area contributed by atoms with E-state index in [1.165, 1.54) is 24.0 Å². The van der Waals surface area contributed by atoms with Crippen LogP contribution in [0.25, 0.3) is 0 Å². The summed E-state index contributed by atoms with van der Waals surface area (Å²) in [6, 6.07) is 9.02. The Hall–Kier alpha value is -0.860. The Morgan fingerprint density at radius 2 is 1.72 bits per heavy atom. The normalized spacial score (nSPS) is 12.9. The molecule has 0 radical (unpaired) electrons. The Morgan fingerprint density at radius 3 is 2.22 bits per heavy atom. The van der Waals surface area contributed by atoms with Crippen LogP contribution in [-0.4, -0.2) is 25.0 Å². The van der Waals surface area contributed by atoms with Gasteiger partial charge in [0.15, 0.2) is 0 Å². The Morgan fingerprint density at radius 1 is 1.11 bits per heavy atom. The van der Waals surface area contributed by atoms with Crippen LogP contribution in [0, 0.1) is 5.92 Å². The van der Waals surface area contributed by atoms with Crippen molar-refractivity contribution in [2.24, 2.45) is 11.7 Å². The molecular weight excluding hydrogens is 220 g/mol. The number of hydrogen-bond donors (Lipinski definition) is 1. The van der Waals surface area contributed by atoms with E-state index >= 15 is 0 Å². The van der Waals surface area contributed by atoms with Gasteiger partial charge in [-0.2, -0.15) is 0 Å². The van der Waals surface area contributed by atoms with Crippen molar-refractivity contribution in [1.29, 1.82) is 0 Å². The van der Waals surface area contributed by atoms with Gasteiger partial charge in [0, 0.05) is 13.1 Å². The molecule has 0 fully saturated rings. The summed E-state index contributed by atoms with van der Waals surface area (Å²) in [7, 11) is 2.18. The number of nitrogens with two attached hydrogens (primary N) is 1. The molecule has 0 saturated carbocycles. The van der Waals surface area contributed by atoms with Crippen molar-refractivity contribution in [3.63, 3.8) is 0 Å². The molecule has 0 saturated heterocycles. The third-order valence-electron chi connectivity index (χ3n) is 3.49. The highest BCUT2D eigenvalue weighted by atomic mass is 15.1. The molecule has 0 spiro atoms. The van der Waals surface area contributed by atoms with E-state index in [0.717, 1.165) is 26.1 Å². The van der Waals surface area contributed by atoms with Crippen molar-refractivity contribution < 1.29 is 0 Å². The first-order chi connectivity index (χ1) is 8.69. The summed E-state index contributed by atoms with van der Waals surface area (Å²) in [6.45, 7) is 7.33. The zero-order valence-corrected chi connectivity index (χ0v) is 12.2. The molecular formula is C16H28N2. The lowest BCUT2D eigenvalue weighted by atomic mass is 10.1. The predicted octanol–water partition coefficient (Wildman–Crippen LogP) is 3.06. The van der Waals surface area contributed by atoms with E-state index in [0.29, 0.717) is 5.92 Å². The molecule has 0 heterocycles. The van der Waals surface area contributed by atoms with Crippen LogP contribution < -0.4 is 5.73 Å². The minimum absolute atomic E-state index is 0.620. The average Bonchev–Trinajstić information content (AvgIpc) is 2.38. The summed E-state index contributed by atoms with van der Waals surface area (Å²) >= 11 is 0. The second-order valence-corrected chi connectivity index (χ2v) is 5.27. The molecule has 18 heavy (non-hydrogen) atoms. The zero-order chi connectivity index (χ0) is 13.4. The Balaban J connectivity index is 2.46. The van der Waals surface area contributed by atoms with E-state index in [1.54, 1.807) is 0 Å². The van der Waals surface area contributed by atoms with E-state index < -0.39 is 0 Å². The Kier molecular flexibility index (Phi) is 6.99. The fraction of sp³-hybridized carbons (Fsp3) is 0.625. The van der Waals surface area contributed by atoms with Crippen molar-refractivity contribution in [1.82, 2.24) is 4.90 Å². The van der Waals surface area contributed by atoms with Crippen molar-refractivity contribution in [2.45, 2.75) is 39.7 Å². The van der Waals surface area contributed by atoms with Crippen LogP contribution in [0.5, 0.6) is 0 Å². The summed E-state index contributed by atoms with van der Waals surface area (Å²) in [5.41, 5.74) is 8.59. The minimum Gasteiger partial charge on any atom is -0.330 e. The molecule has 1 aromatic carbocycles. The van der Waals surface area contributed by atoms with Crippen LogP contribution in [0.2, 0.25) is 0 Å². The van der Waals surface area contributed by atoms with Gasteiger partial charge in [-0.3, -0.25) is 0 Å². The van der Waals surface area contributed by atoms with Crippen LogP contribution in [0.15, 0.2) is 24.3 Å². The first-order valence-corrected chi connectivity index (χ1v) is 7.16. The molecule has 1 unspecified atom stereocenters. The molecule has 102 valence electrons. The van der Waals surface area contributed by atoms with E-state index in [2.05, 4.69) is 50.1 Å². The maximum Gasteiger partial charge on any atom is 0.0230 e. The van der Waals surface area contributed by atoms with Gasteiger partial charge in [0.2, 0.25) is 0 Å². The summed E-state index contributed by atoms with van der Waals surface area (Å²) < 4.78 is 0. The van der Waals surface area contributed by atoms with Gasteiger partial charge in [-0.15, -0.1) is 0 Å². The average molecular weight is 248 g/mol. The SMILES string of the molecule is CCCc1ccc(CN(C)CC(CC)CN)cc1. The summed E-state index contributed by atoms with van der Waals surface area (Å²) in [6.07, 6.45) is 3.56. The van der Waals surface area contributed by atoms with Gasteiger partial charge in [0.1, 0.15) is 0 Å². The lowest BCUT2D eigenvalue weighted by molar-refractivity contribution is 0.268. The number of hydrogen-bond acceptors (Lipinski definition) is 2. The maximum atomic E-state index is 5.75. The summed E-state index contributed by atoms with van der Waals surface area (Å²) in [4.78, 5) is 2.37. The van der Waals surface area contributed by atoms with Crippen LogP contribution >= 0.6 is 0 Å². The molecule has 0 amide bonds. The number of nitrogens with zero attached hydrogens (tertiary/aromatic N) is 1. The second-order valence-electron chi connectivity index (χ2n) is 5.27. The van der Waals surface area contributed by atoms with Crippen molar-refractivity contribution in [3.05, 3.63) is 35.4 Å². The molecule has 0 bridgehead atoms. The van der Waals surface area contributed by atoms with Gasteiger partial charge in [0.25, 0.3) is 0 Å². The van der Waals surface area contributed by atoms with Crippen LogP contribution in [-0.2, 0) is 13.0 Å². The monoisotopic (exact) mass is 248 g/mol. The highest BCUT2D eigenvalue weighted by Gasteiger charge is 2.08. The highest BCUT2D eigenvalue weighted by molar-refractivity contribution is 5.22. The zero-order valence-electron chi connectivity index (χ0n) is 12.2. The number of benzene rings is 1. The lowest BCUT2D eigenvalue weighted by Gasteiger charge is -2.22. The van der Waals surface area contributed by atoms with Crippen LogP contribution in [0.3, 0.4) is 0 Å². The Labute approximate surface area is 112 Å². The predicted molar refractivity (Wildman–Crippen MR) is 79.6 cm³/mol. The molecule has 0 aliphatic rings. The van der Waals surface area contributed by atoms with Crippen LogP contribution in [0.1, 0.15) is 37.8 Å². The molecule has 2 heteroatoms. The number of aryl methyl sites for hydroxylation is 1. The smallest absolute Gasteiger partial charge is 0.0230 e. The van der Waals surface area contributed by atoms with Gasteiger partial charge in [-0.1, -0.05) is 51.0 Å². The van der Waals surface area contributed by atoms with Crippen LogP contribution in [0.4, 0.5) is 0 Å². The van der Waals surface area contributed by atoms with Gasteiger partial charge < -0.3 is 10.6 Å². The van der Waals surface area contributed by atoms with Gasteiger partial charge >= 0.3 is 0 Å². The highest BCUT2D eigenvalue weighted by Crippen LogP contribution is 2.10. The molecule has 2 N–H and O–H groups in total. The fourth-order valence-corrected chi connectivity index (χ4v) is 2.29. The third kappa shape index (κ3) is 5.19. The van der Waals surface area contributed by atoms with E-state index in [-0.39, 0.29) is 0 Å². The lowest BCUT2D eigenvalue weighted by Crippen LogP contribution is -2.29. The second kappa shape index (κ2) is 8.28. The molecule has 0 aliphatic heterocycles. The summed E-state index contributed by atoms with van der Waals surface area (Å²) in [5.74, 6) is 0.620. The van der Waals surface area contributed by atoms with Gasteiger partial charge in [-0.25, -0.2) is 0 Å². The fourth-order valence-electron chi connectivity index (χ4n) is 2.29. The molecule has 1 atom stereocenters. The molecule has 1 rings (SSSR count). The van der Waals surface area contributed by atoms with Gasteiger partial charge in [-0.05, 0) is 37.1 Å². The largest absolute Gasteiger partial charge is 0.330 e. The van der Waals surface area contributed by atoms with E-state index in [1.807, 2.05) is 0 Å². The van der Waals surface area contributed by atoms with E-state index in [9.17, 15) is 0 Å². The standard InChI is InChI=1S/C16H28N2/c1-4-6-15-7-9-16(10-8-15)13-18(3)12-14(5-2)11-17/h7-10,14H,4-6,11-13,17H2,1-3H3. The quantitative estimate of drug-likeness (QED) is 0.766. The Bertz CT molecular complexity index is 314. The maximum absolute atomic E-state index is 5.75.